The van der Waals surface area contributed by atoms with Gasteiger partial charge in [-0.15, -0.1) is 11.3 Å². The molecule has 0 saturated heterocycles. The van der Waals surface area contributed by atoms with E-state index in [9.17, 15) is 14.7 Å². The van der Waals surface area contributed by atoms with E-state index in [4.69, 9.17) is 9.84 Å². The monoisotopic (exact) mass is 423 g/mol. The quantitative estimate of drug-likeness (QED) is 0.447. The summed E-state index contributed by atoms with van der Waals surface area (Å²) in [6.07, 6.45) is 0. The van der Waals surface area contributed by atoms with E-state index >= 15 is 0 Å². The third-order valence-electron chi connectivity index (χ3n) is 4.46. The first kappa shape index (κ1) is 19.6. The van der Waals surface area contributed by atoms with E-state index < -0.39 is 18.4 Å². The van der Waals surface area contributed by atoms with Gasteiger partial charge in [-0.1, -0.05) is 0 Å². The van der Waals surface area contributed by atoms with Crippen molar-refractivity contribution in [3.8, 4) is 17.2 Å². The average Bonchev–Trinajstić information content (AvgIpc) is 3.08. The molecule has 0 aliphatic carbocycles. The van der Waals surface area contributed by atoms with Crippen LogP contribution in [0.15, 0.2) is 36.4 Å². The number of rotatable bonds is 5. The van der Waals surface area contributed by atoms with Crippen LogP contribution in [0.3, 0.4) is 0 Å². The lowest BCUT2D eigenvalue weighted by Gasteiger charge is -2.12. The summed E-state index contributed by atoms with van der Waals surface area (Å²) >= 11 is 1.59. The van der Waals surface area contributed by atoms with Crippen molar-refractivity contribution < 1.29 is 24.5 Å². The van der Waals surface area contributed by atoms with Crippen molar-refractivity contribution >= 4 is 44.2 Å². The number of aromatic nitrogens is 2. The minimum absolute atomic E-state index is 0.221. The second-order valence-corrected chi connectivity index (χ2v) is 7.88. The maximum absolute atomic E-state index is 12.2. The molecule has 0 saturated carbocycles. The number of hydrogen-bond donors (Lipinski definition) is 3. The van der Waals surface area contributed by atoms with Crippen molar-refractivity contribution in [2.45, 2.75) is 13.8 Å². The summed E-state index contributed by atoms with van der Waals surface area (Å²) < 4.78 is 6.99. The fourth-order valence-corrected chi connectivity index (χ4v) is 3.97. The van der Waals surface area contributed by atoms with Gasteiger partial charge in [0.25, 0.3) is 5.91 Å². The van der Waals surface area contributed by atoms with E-state index in [0.29, 0.717) is 28.0 Å². The molecule has 30 heavy (non-hydrogen) atoms. The number of amides is 1. The first-order valence-electron chi connectivity index (χ1n) is 9.00. The number of carbonyl (C=O) groups excluding carboxylic acids is 1. The van der Waals surface area contributed by atoms with Crippen LogP contribution in [-0.4, -0.2) is 38.6 Å². The van der Waals surface area contributed by atoms with Crippen LogP contribution in [-0.2, 0) is 4.79 Å². The number of aliphatic carboxylic acids is 1. The molecular weight excluding hydrogens is 406 g/mol. The molecule has 0 fully saturated rings. The number of nitrogens with one attached hydrogen (secondary N) is 1. The van der Waals surface area contributed by atoms with E-state index in [1.165, 1.54) is 0 Å². The highest BCUT2D eigenvalue weighted by molar-refractivity contribution is 7.18. The van der Waals surface area contributed by atoms with Crippen molar-refractivity contribution in [2.24, 2.45) is 0 Å². The Bertz CT molecular complexity index is 1320. The molecule has 0 atom stereocenters. The predicted octanol–water partition coefficient (Wildman–Crippen LogP) is 3.77. The molecule has 0 aliphatic rings. The smallest absolute Gasteiger partial charge is 0.322 e. The maximum Gasteiger partial charge on any atom is 0.322 e. The number of pyridine rings is 1. The molecule has 8 nitrogen and oxygen atoms in total. The molecule has 0 unspecified atom stereocenters. The first-order chi connectivity index (χ1) is 14.3. The molecule has 0 radical (unpaired) electrons. The lowest BCUT2D eigenvalue weighted by molar-refractivity contribution is -0.135. The summed E-state index contributed by atoms with van der Waals surface area (Å²) in [4.78, 5) is 31.4. The third-order valence-corrected chi connectivity index (χ3v) is 5.39. The second-order valence-electron chi connectivity index (χ2n) is 6.64. The Morgan fingerprint density at radius 2 is 1.80 bits per heavy atom. The molecule has 9 heteroatoms. The molecule has 2 heterocycles. The van der Waals surface area contributed by atoms with Gasteiger partial charge in [0.05, 0.1) is 15.2 Å². The van der Waals surface area contributed by atoms with Crippen LogP contribution in [0.2, 0.25) is 0 Å². The molecule has 4 aromatic rings. The van der Waals surface area contributed by atoms with Crippen LogP contribution in [0.4, 0.5) is 0 Å². The molecule has 2 aromatic carbocycles. The topological polar surface area (TPSA) is 122 Å². The molecule has 1 amide bonds. The van der Waals surface area contributed by atoms with E-state index in [-0.39, 0.29) is 11.4 Å². The maximum atomic E-state index is 12.2. The number of ether oxygens (including phenoxy) is 1. The molecule has 4 rings (SSSR count). The second kappa shape index (κ2) is 7.60. The highest BCUT2D eigenvalue weighted by atomic mass is 32.1. The van der Waals surface area contributed by atoms with Crippen molar-refractivity contribution in [3.05, 3.63) is 52.8 Å². The molecule has 2 aromatic heterocycles. The van der Waals surface area contributed by atoms with Crippen LogP contribution in [0.25, 0.3) is 21.0 Å². The Kier molecular flexibility index (Phi) is 4.96. The van der Waals surface area contributed by atoms with E-state index in [1.54, 1.807) is 36.5 Å². The van der Waals surface area contributed by atoms with Crippen LogP contribution in [0.5, 0.6) is 17.2 Å². The Balaban J connectivity index is 1.66. The molecule has 152 valence electrons. The van der Waals surface area contributed by atoms with Gasteiger partial charge >= 0.3 is 5.97 Å². The zero-order chi connectivity index (χ0) is 21.4. The number of fused-ring (bicyclic) bond motifs is 2. The number of aromatic hydroxyl groups is 1. The summed E-state index contributed by atoms with van der Waals surface area (Å²) in [5.41, 5.74) is 1.20. The third kappa shape index (κ3) is 3.74. The number of hydrogen-bond acceptors (Lipinski definition) is 7. The van der Waals surface area contributed by atoms with Crippen LogP contribution < -0.4 is 10.1 Å². The van der Waals surface area contributed by atoms with Gasteiger partial charge in [0.15, 0.2) is 11.4 Å². The minimum Gasteiger partial charge on any atom is -0.505 e. The molecular formula is C21H17N3O5S. The van der Waals surface area contributed by atoms with Gasteiger partial charge in [0.1, 0.15) is 18.0 Å². The Morgan fingerprint density at radius 3 is 2.57 bits per heavy atom. The summed E-state index contributed by atoms with van der Waals surface area (Å²) in [6, 6.07) is 10.7. The van der Waals surface area contributed by atoms with E-state index in [1.807, 2.05) is 25.1 Å². The van der Waals surface area contributed by atoms with E-state index in [0.717, 1.165) is 15.2 Å². The average molecular weight is 423 g/mol. The number of nitrogens with zero attached hydrogens (tertiary/aromatic N) is 2. The lowest BCUT2D eigenvalue weighted by Crippen LogP contribution is -2.30. The van der Waals surface area contributed by atoms with Crippen molar-refractivity contribution in [3.63, 3.8) is 0 Å². The van der Waals surface area contributed by atoms with Crippen LogP contribution in [0, 0.1) is 13.8 Å². The van der Waals surface area contributed by atoms with Gasteiger partial charge in [-0.3, -0.25) is 9.59 Å². The highest BCUT2D eigenvalue weighted by Gasteiger charge is 2.19. The SMILES string of the molecule is Cc1nc2ccc(Oc3ccc4c(O)c(C(=O)NCC(=O)O)nc(C)c4c3)cc2s1. The summed E-state index contributed by atoms with van der Waals surface area (Å²) in [6.45, 7) is 3.09. The summed E-state index contributed by atoms with van der Waals surface area (Å²) in [5.74, 6) is -1.05. The fraction of sp³-hybridized carbons (Fsp3) is 0.143. The predicted molar refractivity (Wildman–Crippen MR) is 113 cm³/mol. The Hall–Kier alpha value is -3.72. The number of carbonyl (C=O) groups is 2. The zero-order valence-corrected chi connectivity index (χ0v) is 16.9. The van der Waals surface area contributed by atoms with Crippen LogP contribution >= 0.6 is 11.3 Å². The lowest BCUT2D eigenvalue weighted by atomic mass is 10.1. The largest absolute Gasteiger partial charge is 0.505 e. The van der Waals surface area contributed by atoms with Gasteiger partial charge in [-0.25, -0.2) is 9.97 Å². The standard InChI is InChI=1S/C21H17N3O5S/c1-10-15-7-12(29-13-4-6-16-17(8-13)30-11(2)24-16)3-5-14(15)20(27)19(23-10)21(28)22-9-18(25)26/h3-8,27H,9H2,1-2H3,(H,22,28)(H,25,26). The van der Waals surface area contributed by atoms with E-state index in [2.05, 4.69) is 15.3 Å². The first-order valence-corrected chi connectivity index (χ1v) is 9.82. The number of carboxylic acids is 1. The van der Waals surface area contributed by atoms with Gasteiger partial charge in [-0.2, -0.15) is 0 Å². The van der Waals surface area contributed by atoms with Crippen molar-refractivity contribution in [1.29, 1.82) is 0 Å². The number of benzene rings is 2. The zero-order valence-electron chi connectivity index (χ0n) is 16.1. The van der Waals surface area contributed by atoms with Gasteiger partial charge in [0, 0.05) is 22.5 Å². The highest BCUT2D eigenvalue weighted by Crippen LogP contribution is 2.34. The van der Waals surface area contributed by atoms with Gasteiger partial charge < -0.3 is 20.3 Å². The van der Waals surface area contributed by atoms with Gasteiger partial charge in [0.2, 0.25) is 0 Å². The van der Waals surface area contributed by atoms with Gasteiger partial charge in [-0.05, 0) is 44.2 Å². The Labute approximate surface area is 174 Å². The molecule has 0 spiro atoms. The van der Waals surface area contributed by atoms with Crippen molar-refractivity contribution in [2.75, 3.05) is 6.54 Å². The van der Waals surface area contributed by atoms with Crippen molar-refractivity contribution in [1.82, 2.24) is 15.3 Å². The Morgan fingerprint density at radius 1 is 1.07 bits per heavy atom. The fourth-order valence-electron chi connectivity index (χ4n) is 3.12. The minimum atomic E-state index is -1.19. The molecule has 0 bridgehead atoms. The summed E-state index contributed by atoms with van der Waals surface area (Å²) in [5, 5.41) is 23.4. The summed E-state index contributed by atoms with van der Waals surface area (Å²) in [7, 11) is 0. The number of carboxylic acid groups (broad SMARTS) is 1. The molecule has 0 aliphatic heterocycles. The molecule has 3 N–H and O–H groups in total. The van der Waals surface area contributed by atoms with Crippen LogP contribution in [0.1, 0.15) is 21.2 Å². The number of thiazole rings is 1. The number of aryl methyl sites for hydroxylation is 2. The normalized spacial score (nSPS) is 11.0.